The molecule has 0 atom stereocenters. The molecule has 0 aliphatic carbocycles. The normalized spacial score (nSPS) is 10.6. The van der Waals surface area contributed by atoms with Crippen molar-refractivity contribution >= 4 is 0 Å². The van der Waals surface area contributed by atoms with Crippen LogP contribution in [0.15, 0.2) is 10.6 Å². The van der Waals surface area contributed by atoms with Crippen molar-refractivity contribution in [3.05, 3.63) is 17.5 Å². The molecule has 0 unspecified atom stereocenters. The topological polar surface area (TPSA) is 26.0 Å². The lowest BCUT2D eigenvalue weighted by molar-refractivity contribution is -0.142. The largest absolute Gasteiger partial charge is 0.436 e. The molecule has 1 aromatic heterocycles. The maximum absolute atomic E-state index is 11.7. The molecular formula is C8H12F3NO. The molecule has 2 nitrogen and oxygen atoms in total. The summed E-state index contributed by atoms with van der Waals surface area (Å²) in [6, 6.07) is 0.847. The fourth-order valence-corrected chi connectivity index (χ4v) is 0.500. The van der Waals surface area contributed by atoms with Crippen molar-refractivity contribution in [3.8, 4) is 0 Å². The van der Waals surface area contributed by atoms with Gasteiger partial charge in [0.1, 0.15) is 5.76 Å². The summed E-state index contributed by atoms with van der Waals surface area (Å²) in [5, 5.41) is 2.79. The van der Waals surface area contributed by atoms with Crippen molar-refractivity contribution < 1.29 is 17.7 Å². The minimum absolute atomic E-state index is 0.160. The summed E-state index contributed by atoms with van der Waals surface area (Å²) in [4.78, 5) is 0. The Balaban J connectivity index is 0.000000424. The number of aromatic nitrogens is 1. The van der Waals surface area contributed by atoms with Crippen LogP contribution in [0.1, 0.15) is 31.7 Å². The van der Waals surface area contributed by atoms with Crippen LogP contribution >= 0.6 is 0 Å². The number of alkyl halides is 3. The van der Waals surface area contributed by atoms with E-state index in [2.05, 4.69) is 23.5 Å². The van der Waals surface area contributed by atoms with Gasteiger partial charge in [0.25, 0.3) is 0 Å². The lowest BCUT2D eigenvalue weighted by Gasteiger charge is -1.97. The van der Waals surface area contributed by atoms with E-state index >= 15 is 0 Å². The van der Waals surface area contributed by atoms with Gasteiger partial charge in [-0.25, -0.2) is 0 Å². The van der Waals surface area contributed by atoms with Gasteiger partial charge in [0.2, 0.25) is 0 Å². The first-order chi connectivity index (χ1) is 5.91. The molecule has 1 rings (SSSR count). The van der Waals surface area contributed by atoms with Gasteiger partial charge in [-0.1, -0.05) is 25.4 Å². The van der Waals surface area contributed by atoms with Crippen molar-refractivity contribution in [2.75, 3.05) is 0 Å². The van der Waals surface area contributed by atoms with Gasteiger partial charge in [0.15, 0.2) is 5.69 Å². The fraction of sp³-hybridized carbons (Fsp3) is 0.625. The Morgan fingerprint density at radius 2 is 1.85 bits per heavy atom. The van der Waals surface area contributed by atoms with Gasteiger partial charge in [-0.2, -0.15) is 13.2 Å². The zero-order valence-corrected chi connectivity index (χ0v) is 7.77. The van der Waals surface area contributed by atoms with E-state index < -0.39 is 11.9 Å². The fourth-order valence-electron chi connectivity index (χ4n) is 0.500. The number of halogens is 3. The van der Waals surface area contributed by atoms with Crippen LogP contribution in [0.2, 0.25) is 0 Å². The van der Waals surface area contributed by atoms with Gasteiger partial charge < -0.3 is 4.52 Å². The lowest BCUT2D eigenvalue weighted by Crippen LogP contribution is -2.04. The summed E-state index contributed by atoms with van der Waals surface area (Å²) >= 11 is 0. The van der Waals surface area contributed by atoms with Gasteiger partial charge in [-0.3, -0.25) is 0 Å². The Labute approximate surface area is 74.7 Å². The maximum Gasteiger partial charge on any atom is 0.436 e. The van der Waals surface area contributed by atoms with Gasteiger partial charge in [0.05, 0.1) is 0 Å². The molecule has 0 amide bonds. The van der Waals surface area contributed by atoms with E-state index in [4.69, 9.17) is 0 Å². The van der Waals surface area contributed by atoms with Crippen LogP contribution in [0.4, 0.5) is 13.2 Å². The molecule has 0 saturated carbocycles. The smallest absolute Gasteiger partial charge is 0.361 e. The quantitative estimate of drug-likeness (QED) is 0.633. The summed E-state index contributed by atoms with van der Waals surface area (Å²) in [5.74, 6) is 0.160. The highest BCUT2D eigenvalue weighted by atomic mass is 19.4. The number of hydrogen-bond acceptors (Lipinski definition) is 2. The second kappa shape index (κ2) is 4.89. The van der Waals surface area contributed by atoms with Crippen LogP contribution in [-0.4, -0.2) is 5.16 Å². The molecule has 0 aliphatic rings. The van der Waals surface area contributed by atoms with Gasteiger partial charge in [0, 0.05) is 6.07 Å². The highest BCUT2D eigenvalue weighted by molar-refractivity contribution is 5.06. The zero-order chi connectivity index (χ0) is 10.5. The van der Waals surface area contributed by atoms with E-state index in [1.165, 1.54) is 13.3 Å². The third-order valence-corrected chi connectivity index (χ3v) is 0.918. The third kappa shape index (κ3) is 4.55. The molecule has 0 bridgehead atoms. The molecule has 0 saturated heterocycles. The first-order valence-electron chi connectivity index (χ1n) is 3.92. The maximum atomic E-state index is 11.7. The minimum Gasteiger partial charge on any atom is -0.361 e. The van der Waals surface area contributed by atoms with Crippen LogP contribution in [0, 0.1) is 6.92 Å². The van der Waals surface area contributed by atoms with Crippen molar-refractivity contribution in [1.29, 1.82) is 0 Å². The number of rotatable bonds is 0. The highest BCUT2D eigenvalue weighted by Crippen LogP contribution is 2.27. The average Bonchev–Trinajstić information content (AvgIpc) is 2.35. The second-order valence-electron chi connectivity index (χ2n) is 2.53. The van der Waals surface area contributed by atoms with Crippen molar-refractivity contribution in [2.45, 2.75) is 33.4 Å². The number of aryl methyl sites for hydroxylation is 1. The first kappa shape index (κ1) is 12.0. The van der Waals surface area contributed by atoms with E-state index in [9.17, 15) is 13.2 Å². The molecule has 1 heterocycles. The van der Waals surface area contributed by atoms with E-state index in [-0.39, 0.29) is 5.76 Å². The standard InChI is InChI=1S/C5H4F3NO.C3H8/c1-3-2-4(9-10-3)5(6,7)8;1-3-2/h2H,1H3;3H2,1-2H3. The molecule has 5 heteroatoms. The molecule has 1 aromatic rings. The predicted molar refractivity (Wildman–Crippen MR) is 42.2 cm³/mol. The Hall–Kier alpha value is -1.00. The van der Waals surface area contributed by atoms with Crippen LogP contribution in [0.3, 0.4) is 0 Å². The Morgan fingerprint density at radius 3 is 2.00 bits per heavy atom. The summed E-state index contributed by atoms with van der Waals surface area (Å²) in [6.45, 7) is 5.66. The summed E-state index contributed by atoms with van der Waals surface area (Å²) in [5.41, 5.74) is -0.981. The molecule has 0 aliphatic heterocycles. The molecule has 0 fully saturated rings. The van der Waals surface area contributed by atoms with E-state index in [0.29, 0.717) is 0 Å². The summed E-state index contributed by atoms with van der Waals surface area (Å²) < 4.78 is 39.3. The van der Waals surface area contributed by atoms with Gasteiger partial charge in [-0.05, 0) is 6.92 Å². The Kier molecular flexibility index (Phi) is 4.51. The van der Waals surface area contributed by atoms with Crippen molar-refractivity contribution in [2.24, 2.45) is 0 Å². The van der Waals surface area contributed by atoms with Crippen LogP contribution in [0.5, 0.6) is 0 Å². The third-order valence-electron chi connectivity index (χ3n) is 0.918. The average molecular weight is 195 g/mol. The zero-order valence-electron chi connectivity index (χ0n) is 7.77. The van der Waals surface area contributed by atoms with Crippen LogP contribution < -0.4 is 0 Å². The molecule has 76 valence electrons. The molecule has 0 spiro atoms. The van der Waals surface area contributed by atoms with Crippen LogP contribution in [0.25, 0.3) is 0 Å². The predicted octanol–water partition coefficient (Wildman–Crippen LogP) is 3.42. The molecule has 13 heavy (non-hydrogen) atoms. The van der Waals surface area contributed by atoms with Crippen molar-refractivity contribution in [1.82, 2.24) is 5.16 Å². The minimum atomic E-state index is -4.39. The van der Waals surface area contributed by atoms with Crippen molar-refractivity contribution in [3.63, 3.8) is 0 Å². The number of nitrogens with zero attached hydrogens (tertiary/aromatic N) is 1. The highest BCUT2D eigenvalue weighted by Gasteiger charge is 2.34. The SMILES string of the molecule is CCC.Cc1cc(C(F)(F)F)no1. The Bertz CT molecular complexity index is 242. The Morgan fingerprint density at radius 1 is 1.38 bits per heavy atom. The first-order valence-corrected chi connectivity index (χ1v) is 3.92. The number of hydrogen-bond donors (Lipinski definition) is 0. The second-order valence-corrected chi connectivity index (χ2v) is 2.53. The lowest BCUT2D eigenvalue weighted by atomic mass is 10.4. The molecular weight excluding hydrogens is 183 g/mol. The summed E-state index contributed by atoms with van der Waals surface area (Å²) in [6.07, 6.45) is -3.14. The van der Waals surface area contributed by atoms with E-state index in [1.807, 2.05) is 0 Å². The molecule has 0 radical (unpaired) electrons. The summed E-state index contributed by atoms with van der Waals surface area (Å²) in [7, 11) is 0. The van der Waals surface area contributed by atoms with E-state index in [0.717, 1.165) is 6.07 Å². The monoisotopic (exact) mass is 195 g/mol. The van der Waals surface area contributed by atoms with Gasteiger partial charge >= 0.3 is 6.18 Å². The van der Waals surface area contributed by atoms with E-state index in [1.54, 1.807) is 0 Å². The van der Waals surface area contributed by atoms with Gasteiger partial charge in [-0.15, -0.1) is 0 Å². The van der Waals surface area contributed by atoms with Crippen LogP contribution in [-0.2, 0) is 6.18 Å². The molecule has 0 N–H and O–H groups in total. The molecule has 0 aromatic carbocycles.